The molecule has 0 aromatic carbocycles. The highest BCUT2D eigenvalue weighted by molar-refractivity contribution is 5.26. The van der Waals surface area contributed by atoms with Crippen molar-refractivity contribution in [1.82, 2.24) is 0 Å². The van der Waals surface area contributed by atoms with Crippen LogP contribution in [0, 0.1) is 11.3 Å². The molecule has 0 fully saturated rings. The van der Waals surface area contributed by atoms with E-state index in [1.807, 2.05) is 6.92 Å². The number of allylic oxidation sites excluding steroid dienone is 3. The molecular weight excluding hydrogens is 184 g/mol. The van der Waals surface area contributed by atoms with Gasteiger partial charge in [0, 0.05) is 0 Å². The average molecular weight is 208 g/mol. The number of hydrogen-bond donors (Lipinski definition) is 1. The lowest BCUT2D eigenvalue weighted by atomic mass is 9.76. The molecule has 1 nitrogen and oxygen atoms in total. The maximum Gasteiger partial charge on any atom is 0.0639 e. The zero-order valence-corrected chi connectivity index (χ0v) is 10.7. The minimum Gasteiger partial charge on any atom is -0.392 e. The molecule has 1 heteroatoms. The summed E-state index contributed by atoms with van der Waals surface area (Å²) in [4.78, 5) is 0. The van der Waals surface area contributed by atoms with Gasteiger partial charge in [0.2, 0.25) is 0 Å². The molecule has 0 radical (unpaired) electrons. The molecule has 1 aliphatic rings. The Balaban J connectivity index is 2.69. The molecule has 0 aromatic heterocycles. The van der Waals surface area contributed by atoms with Gasteiger partial charge in [0.25, 0.3) is 0 Å². The summed E-state index contributed by atoms with van der Waals surface area (Å²) in [7, 11) is 0. The van der Waals surface area contributed by atoms with Crippen molar-refractivity contribution in [1.29, 1.82) is 0 Å². The third-order valence-electron chi connectivity index (χ3n) is 4.18. The molecular formula is C14H24O. The molecule has 15 heavy (non-hydrogen) atoms. The highest BCUT2D eigenvalue weighted by Gasteiger charge is 2.36. The largest absolute Gasteiger partial charge is 0.392 e. The van der Waals surface area contributed by atoms with Gasteiger partial charge in [0.15, 0.2) is 0 Å². The second-order valence-electron chi connectivity index (χ2n) is 5.47. The van der Waals surface area contributed by atoms with Crippen LogP contribution in [0.1, 0.15) is 47.5 Å². The van der Waals surface area contributed by atoms with Crippen LogP contribution in [0.3, 0.4) is 0 Å². The highest BCUT2D eigenvalue weighted by Crippen LogP contribution is 2.48. The van der Waals surface area contributed by atoms with E-state index in [0.717, 1.165) is 12.0 Å². The van der Waals surface area contributed by atoms with Gasteiger partial charge in [0.05, 0.1) is 6.61 Å². The van der Waals surface area contributed by atoms with Gasteiger partial charge in [-0.15, -0.1) is 0 Å². The Morgan fingerprint density at radius 1 is 1.47 bits per heavy atom. The lowest BCUT2D eigenvalue weighted by Gasteiger charge is -2.29. The van der Waals surface area contributed by atoms with Gasteiger partial charge < -0.3 is 5.11 Å². The van der Waals surface area contributed by atoms with Gasteiger partial charge in [-0.1, -0.05) is 36.6 Å². The van der Waals surface area contributed by atoms with Gasteiger partial charge in [0.1, 0.15) is 0 Å². The van der Waals surface area contributed by atoms with Gasteiger partial charge in [-0.05, 0) is 44.9 Å². The molecule has 0 saturated heterocycles. The van der Waals surface area contributed by atoms with Crippen LogP contribution >= 0.6 is 0 Å². The van der Waals surface area contributed by atoms with E-state index in [1.165, 1.54) is 6.42 Å². The molecule has 1 aliphatic carbocycles. The van der Waals surface area contributed by atoms with Crippen LogP contribution in [-0.2, 0) is 0 Å². The van der Waals surface area contributed by atoms with Gasteiger partial charge in [-0.2, -0.15) is 0 Å². The minimum absolute atomic E-state index is 0.193. The zero-order valence-electron chi connectivity index (χ0n) is 10.7. The summed E-state index contributed by atoms with van der Waals surface area (Å²) in [6.07, 6.45) is 4.50. The first-order chi connectivity index (χ1) is 6.89. The predicted molar refractivity (Wildman–Crippen MR) is 65.7 cm³/mol. The summed E-state index contributed by atoms with van der Waals surface area (Å²) >= 11 is 0. The normalized spacial score (nSPS) is 26.3. The lowest BCUT2D eigenvalue weighted by molar-refractivity contribution is 0.291. The first-order valence-electron chi connectivity index (χ1n) is 5.83. The first-order valence-corrected chi connectivity index (χ1v) is 5.83. The molecule has 0 aromatic rings. The first kappa shape index (κ1) is 12.5. The van der Waals surface area contributed by atoms with Crippen LogP contribution in [0.15, 0.2) is 22.8 Å². The van der Waals surface area contributed by atoms with Gasteiger partial charge in [-0.25, -0.2) is 0 Å². The molecule has 0 saturated carbocycles. The lowest BCUT2D eigenvalue weighted by Crippen LogP contribution is -2.19. The molecule has 0 bridgehead atoms. The van der Waals surface area contributed by atoms with E-state index in [9.17, 15) is 0 Å². The highest BCUT2D eigenvalue weighted by atomic mass is 16.3. The summed E-state index contributed by atoms with van der Waals surface area (Å²) in [6.45, 7) is 11.4. The second-order valence-corrected chi connectivity index (χ2v) is 5.47. The third-order valence-corrected chi connectivity index (χ3v) is 4.18. The van der Waals surface area contributed by atoms with Crippen LogP contribution in [-0.4, -0.2) is 11.7 Å². The summed E-state index contributed by atoms with van der Waals surface area (Å²) in [5.41, 5.74) is 4.53. The molecule has 1 unspecified atom stereocenters. The van der Waals surface area contributed by atoms with Crippen LogP contribution in [0.2, 0.25) is 0 Å². The van der Waals surface area contributed by atoms with E-state index in [-0.39, 0.29) is 6.61 Å². The van der Waals surface area contributed by atoms with Crippen molar-refractivity contribution in [2.75, 3.05) is 6.61 Å². The Labute approximate surface area is 93.9 Å². The minimum atomic E-state index is 0.193. The fraction of sp³-hybridized carbons (Fsp3) is 0.714. The average Bonchev–Trinajstić information content (AvgIpc) is 2.38. The third kappa shape index (κ3) is 2.52. The van der Waals surface area contributed by atoms with E-state index in [2.05, 4.69) is 33.8 Å². The molecule has 86 valence electrons. The van der Waals surface area contributed by atoms with E-state index in [4.69, 9.17) is 5.11 Å². The van der Waals surface area contributed by atoms with Crippen molar-refractivity contribution in [2.24, 2.45) is 11.3 Å². The predicted octanol–water partition coefficient (Wildman–Crippen LogP) is 3.70. The van der Waals surface area contributed by atoms with Crippen LogP contribution in [0.5, 0.6) is 0 Å². The molecule has 1 N–H and O–H groups in total. The molecule has 0 amide bonds. The fourth-order valence-electron chi connectivity index (χ4n) is 2.42. The number of rotatable bonds is 3. The Morgan fingerprint density at radius 3 is 2.47 bits per heavy atom. The maximum absolute atomic E-state index is 8.96. The van der Waals surface area contributed by atoms with Crippen LogP contribution in [0.25, 0.3) is 0 Å². The Morgan fingerprint density at radius 2 is 2.07 bits per heavy atom. The van der Waals surface area contributed by atoms with E-state index in [1.54, 1.807) is 11.1 Å². The fourth-order valence-corrected chi connectivity index (χ4v) is 2.42. The van der Waals surface area contributed by atoms with E-state index < -0.39 is 0 Å². The van der Waals surface area contributed by atoms with Crippen molar-refractivity contribution in [3.05, 3.63) is 22.8 Å². The molecule has 1 rings (SSSR count). The van der Waals surface area contributed by atoms with Crippen LogP contribution in [0.4, 0.5) is 0 Å². The van der Waals surface area contributed by atoms with Crippen LogP contribution < -0.4 is 0 Å². The number of aliphatic hydroxyl groups excluding tert-OH is 1. The van der Waals surface area contributed by atoms with Crippen molar-refractivity contribution >= 4 is 0 Å². The molecule has 1 atom stereocenters. The summed E-state index contributed by atoms with van der Waals surface area (Å²) in [5.74, 6) is 0.707. The quantitative estimate of drug-likeness (QED) is 0.701. The monoisotopic (exact) mass is 208 g/mol. The zero-order chi connectivity index (χ0) is 11.6. The van der Waals surface area contributed by atoms with Crippen molar-refractivity contribution in [2.45, 2.75) is 47.5 Å². The van der Waals surface area contributed by atoms with E-state index >= 15 is 0 Å². The Kier molecular flexibility index (Phi) is 3.77. The summed E-state index contributed by atoms with van der Waals surface area (Å²) in [6, 6.07) is 0. The summed E-state index contributed by atoms with van der Waals surface area (Å²) in [5, 5.41) is 8.96. The smallest absolute Gasteiger partial charge is 0.0639 e. The molecule has 0 aliphatic heterocycles. The van der Waals surface area contributed by atoms with Crippen molar-refractivity contribution in [3.63, 3.8) is 0 Å². The van der Waals surface area contributed by atoms with E-state index in [0.29, 0.717) is 11.3 Å². The SMILES string of the molecule is CC(=CCC1CC(C)=C(C)C1(C)C)CO. The Bertz CT molecular complexity index is 294. The van der Waals surface area contributed by atoms with Gasteiger partial charge >= 0.3 is 0 Å². The maximum atomic E-state index is 8.96. The van der Waals surface area contributed by atoms with Gasteiger partial charge in [-0.3, -0.25) is 0 Å². The number of aliphatic hydroxyl groups is 1. The molecule has 0 heterocycles. The van der Waals surface area contributed by atoms with Crippen molar-refractivity contribution < 1.29 is 5.11 Å². The number of hydrogen-bond acceptors (Lipinski definition) is 1. The summed E-state index contributed by atoms with van der Waals surface area (Å²) < 4.78 is 0. The topological polar surface area (TPSA) is 20.2 Å². The Hall–Kier alpha value is -0.560. The second kappa shape index (κ2) is 4.52. The molecule has 0 spiro atoms. The standard InChI is InChI=1S/C14H24O/c1-10(9-15)6-7-13-8-11(2)12(3)14(13,4)5/h6,13,15H,7-9H2,1-5H3. The van der Waals surface area contributed by atoms with Crippen molar-refractivity contribution in [3.8, 4) is 0 Å².